The first-order chi connectivity index (χ1) is 7.25. The monoisotopic (exact) mass is 199 g/mol. The van der Waals surface area contributed by atoms with E-state index in [0.29, 0.717) is 0 Å². The fourth-order valence-corrected chi connectivity index (χ4v) is 1.52. The summed E-state index contributed by atoms with van der Waals surface area (Å²) in [6.45, 7) is 2.92. The molecule has 2 aromatic rings. The summed E-state index contributed by atoms with van der Waals surface area (Å²) in [5, 5.41) is 0. The average molecular weight is 199 g/mol. The van der Waals surface area contributed by atoms with E-state index < -0.39 is 0 Å². The zero-order valence-corrected chi connectivity index (χ0v) is 8.85. The van der Waals surface area contributed by atoms with Gasteiger partial charge in [-0.1, -0.05) is 35.9 Å². The normalized spacial score (nSPS) is 10.2. The van der Waals surface area contributed by atoms with Gasteiger partial charge in [-0.05, 0) is 18.6 Å². The molecule has 0 unspecified atom stereocenters. The van der Waals surface area contributed by atoms with Crippen LogP contribution in [0.25, 0.3) is 0 Å². The quantitative estimate of drug-likeness (QED) is 0.736. The maximum Gasteiger partial charge on any atom is 0.272 e. The summed E-state index contributed by atoms with van der Waals surface area (Å²) in [5.74, 6) is 0.790. The van der Waals surface area contributed by atoms with Crippen molar-refractivity contribution >= 4 is 5.82 Å². The van der Waals surface area contributed by atoms with Crippen LogP contribution in [0.3, 0.4) is 0 Å². The molecule has 0 radical (unpaired) electrons. The lowest BCUT2D eigenvalue weighted by Gasteiger charge is -2.03. The summed E-state index contributed by atoms with van der Waals surface area (Å²) >= 11 is 0. The lowest BCUT2D eigenvalue weighted by molar-refractivity contribution is -0.674. The summed E-state index contributed by atoms with van der Waals surface area (Å²) < 4.78 is 2.03. The van der Waals surface area contributed by atoms with Gasteiger partial charge in [0.2, 0.25) is 0 Å². The van der Waals surface area contributed by atoms with Crippen molar-refractivity contribution in [1.29, 1.82) is 0 Å². The molecule has 2 rings (SSSR count). The van der Waals surface area contributed by atoms with E-state index in [2.05, 4.69) is 31.2 Å². The van der Waals surface area contributed by atoms with Crippen molar-refractivity contribution < 1.29 is 4.57 Å². The van der Waals surface area contributed by atoms with Crippen molar-refractivity contribution in [3.8, 4) is 0 Å². The van der Waals surface area contributed by atoms with E-state index in [1.54, 1.807) is 0 Å². The van der Waals surface area contributed by atoms with Crippen molar-refractivity contribution in [2.24, 2.45) is 0 Å². The third-order valence-electron chi connectivity index (χ3n) is 2.45. The molecule has 0 amide bonds. The number of hydrogen-bond acceptors (Lipinski definition) is 1. The van der Waals surface area contributed by atoms with Crippen LogP contribution in [-0.2, 0) is 6.54 Å². The Hall–Kier alpha value is -1.83. The molecule has 0 atom stereocenters. The van der Waals surface area contributed by atoms with Crippen molar-refractivity contribution in [3.05, 3.63) is 59.8 Å². The summed E-state index contributed by atoms with van der Waals surface area (Å²) in [6.07, 6.45) is 2.00. The molecule has 0 aliphatic heterocycles. The van der Waals surface area contributed by atoms with Crippen molar-refractivity contribution in [1.82, 2.24) is 0 Å². The second kappa shape index (κ2) is 4.13. The smallest absolute Gasteiger partial charge is 0.272 e. The van der Waals surface area contributed by atoms with Crippen LogP contribution in [0, 0.1) is 6.92 Å². The lowest BCUT2D eigenvalue weighted by atomic mass is 10.1. The molecule has 2 heteroatoms. The molecule has 2 N–H and O–H groups in total. The molecule has 15 heavy (non-hydrogen) atoms. The minimum absolute atomic E-state index is 0.790. The van der Waals surface area contributed by atoms with Crippen LogP contribution in [0.4, 0.5) is 5.82 Å². The van der Waals surface area contributed by atoms with Gasteiger partial charge in [0.25, 0.3) is 5.82 Å². The first-order valence-corrected chi connectivity index (χ1v) is 5.05. The molecule has 76 valence electrons. The Labute approximate surface area is 90.0 Å². The predicted octanol–water partition coefficient (Wildman–Crippen LogP) is 1.91. The standard InChI is InChI=1S/C13H14N2/c1-11-5-7-12(8-6-11)10-15-9-3-2-4-13(15)14/h2-9,14H,10H2,1H3/p+1. The van der Waals surface area contributed by atoms with Gasteiger partial charge in [0.1, 0.15) is 6.54 Å². The van der Waals surface area contributed by atoms with E-state index in [1.807, 2.05) is 29.0 Å². The Morgan fingerprint density at radius 1 is 1.07 bits per heavy atom. The summed E-state index contributed by atoms with van der Waals surface area (Å²) in [4.78, 5) is 0. The molecule has 1 aromatic carbocycles. The Kier molecular flexibility index (Phi) is 2.68. The van der Waals surface area contributed by atoms with Crippen molar-refractivity contribution in [2.75, 3.05) is 5.73 Å². The third-order valence-corrected chi connectivity index (χ3v) is 2.45. The second-order valence-electron chi connectivity index (χ2n) is 3.74. The van der Waals surface area contributed by atoms with Gasteiger partial charge >= 0.3 is 0 Å². The van der Waals surface area contributed by atoms with E-state index >= 15 is 0 Å². The van der Waals surface area contributed by atoms with Crippen molar-refractivity contribution in [3.63, 3.8) is 0 Å². The third kappa shape index (κ3) is 2.34. The zero-order valence-electron chi connectivity index (χ0n) is 8.85. The molecule has 1 aromatic heterocycles. The largest absolute Gasteiger partial charge is 0.287 e. The maximum absolute atomic E-state index is 5.86. The van der Waals surface area contributed by atoms with Gasteiger partial charge in [-0.2, -0.15) is 0 Å². The number of pyridine rings is 1. The number of nitrogens with zero attached hydrogens (tertiary/aromatic N) is 1. The van der Waals surface area contributed by atoms with Gasteiger partial charge in [-0.25, -0.2) is 4.57 Å². The topological polar surface area (TPSA) is 29.9 Å². The molecule has 2 nitrogen and oxygen atoms in total. The van der Waals surface area contributed by atoms with Gasteiger partial charge in [-0.3, -0.25) is 5.73 Å². The van der Waals surface area contributed by atoms with Crippen LogP contribution in [-0.4, -0.2) is 0 Å². The molecule has 0 saturated heterocycles. The lowest BCUT2D eigenvalue weighted by Crippen LogP contribution is -2.36. The van der Waals surface area contributed by atoms with Crippen LogP contribution >= 0.6 is 0 Å². The van der Waals surface area contributed by atoms with Crippen LogP contribution < -0.4 is 10.3 Å². The Morgan fingerprint density at radius 2 is 1.80 bits per heavy atom. The van der Waals surface area contributed by atoms with Gasteiger partial charge in [0.05, 0.1) is 6.20 Å². The number of benzene rings is 1. The number of hydrogen-bond donors (Lipinski definition) is 1. The highest BCUT2D eigenvalue weighted by Crippen LogP contribution is 2.03. The highest BCUT2D eigenvalue weighted by Gasteiger charge is 2.02. The first-order valence-electron chi connectivity index (χ1n) is 5.05. The van der Waals surface area contributed by atoms with E-state index in [1.165, 1.54) is 11.1 Å². The van der Waals surface area contributed by atoms with Gasteiger partial charge in [0.15, 0.2) is 0 Å². The fraction of sp³-hybridized carbons (Fsp3) is 0.154. The average Bonchev–Trinajstić information content (AvgIpc) is 2.25. The van der Waals surface area contributed by atoms with Gasteiger partial charge in [0, 0.05) is 6.07 Å². The van der Waals surface area contributed by atoms with Crippen LogP contribution in [0.15, 0.2) is 48.7 Å². The number of rotatable bonds is 2. The molecule has 1 heterocycles. The molecule has 0 saturated carbocycles. The molecule has 0 spiro atoms. The highest BCUT2D eigenvalue weighted by atomic mass is 15.0. The zero-order chi connectivity index (χ0) is 10.7. The second-order valence-corrected chi connectivity index (χ2v) is 3.74. The summed E-state index contributed by atoms with van der Waals surface area (Å²) in [6, 6.07) is 14.4. The van der Waals surface area contributed by atoms with Gasteiger partial charge in [-0.15, -0.1) is 0 Å². The number of aryl methyl sites for hydroxylation is 1. The Bertz CT molecular complexity index is 446. The van der Waals surface area contributed by atoms with Crippen molar-refractivity contribution in [2.45, 2.75) is 13.5 Å². The predicted molar refractivity (Wildman–Crippen MR) is 61.3 cm³/mol. The Morgan fingerprint density at radius 3 is 2.47 bits per heavy atom. The molecular formula is C13H15N2+. The molecule has 0 fully saturated rings. The first kappa shape index (κ1) is 9.71. The minimum Gasteiger partial charge on any atom is -0.287 e. The number of nitrogens with two attached hydrogens (primary N) is 1. The fourth-order valence-electron chi connectivity index (χ4n) is 1.52. The van der Waals surface area contributed by atoms with Crippen LogP contribution in [0.5, 0.6) is 0 Å². The minimum atomic E-state index is 0.790. The molecule has 0 aliphatic carbocycles. The maximum atomic E-state index is 5.86. The van der Waals surface area contributed by atoms with Crippen LogP contribution in [0.1, 0.15) is 11.1 Å². The summed E-state index contributed by atoms with van der Waals surface area (Å²) in [7, 11) is 0. The SMILES string of the molecule is Cc1ccc(C[n+]2ccccc2N)cc1. The van der Waals surface area contributed by atoms with E-state index in [9.17, 15) is 0 Å². The Balaban J connectivity index is 2.22. The van der Waals surface area contributed by atoms with Gasteiger partial charge < -0.3 is 0 Å². The molecular weight excluding hydrogens is 184 g/mol. The van der Waals surface area contributed by atoms with E-state index in [4.69, 9.17) is 5.73 Å². The van der Waals surface area contributed by atoms with E-state index in [-0.39, 0.29) is 0 Å². The van der Waals surface area contributed by atoms with E-state index in [0.717, 1.165) is 12.4 Å². The highest BCUT2D eigenvalue weighted by molar-refractivity contribution is 5.22. The number of aromatic nitrogens is 1. The number of nitrogen functional groups attached to an aromatic ring is 1. The number of anilines is 1. The molecule has 0 bridgehead atoms. The summed E-state index contributed by atoms with van der Waals surface area (Å²) in [5.41, 5.74) is 8.41. The van der Waals surface area contributed by atoms with Crippen LogP contribution in [0.2, 0.25) is 0 Å². The molecule has 0 aliphatic rings.